The predicted octanol–water partition coefficient (Wildman–Crippen LogP) is 5.21. The van der Waals surface area contributed by atoms with E-state index in [9.17, 15) is 9.90 Å². The molecule has 2 aliphatic rings. The zero-order valence-electron chi connectivity index (χ0n) is 18.4. The van der Waals surface area contributed by atoms with Gasteiger partial charge in [-0.05, 0) is 86.9 Å². The van der Waals surface area contributed by atoms with Crippen molar-refractivity contribution in [2.75, 3.05) is 23.3 Å². The number of hydrogen-bond donors (Lipinski definition) is 2. The number of pyridine rings is 1. The summed E-state index contributed by atoms with van der Waals surface area (Å²) in [5.41, 5.74) is 3.32. The Labute approximate surface area is 188 Å². The largest absolute Gasteiger partial charge is 0.451 e. The van der Waals surface area contributed by atoms with Crippen LogP contribution in [0.15, 0.2) is 59.3 Å². The van der Waals surface area contributed by atoms with Gasteiger partial charge < -0.3 is 19.7 Å². The summed E-state index contributed by atoms with van der Waals surface area (Å²) >= 11 is 0. The minimum atomic E-state index is -0.635. The molecular weight excluding hydrogens is 402 g/mol. The molecule has 0 bridgehead atoms. The summed E-state index contributed by atoms with van der Waals surface area (Å²) < 4.78 is 5.84. The van der Waals surface area contributed by atoms with Gasteiger partial charge in [0.05, 0.1) is 17.0 Å². The number of anilines is 2. The highest BCUT2D eigenvalue weighted by Crippen LogP contribution is 2.43. The lowest BCUT2D eigenvalue weighted by Crippen LogP contribution is -2.29. The first-order valence-electron chi connectivity index (χ1n) is 11.4. The van der Waals surface area contributed by atoms with Crippen LogP contribution in [0.4, 0.5) is 11.4 Å². The van der Waals surface area contributed by atoms with Gasteiger partial charge >= 0.3 is 0 Å². The predicted molar refractivity (Wildman–Crippen MR) is 125 cm³/mol. The van der Waals surface area contributed by atoms with Crippen molar-refractivity contribution < 1.29 is 14.3 Å². The zero-order valence-corrected chi connectivity index (χ0v) is 18.4. The Kier molecular flexibility index (Phi) is 5.47. The normalized spacial score (nSPS) is 21.2. The standard InChI is InChI=1S/C26H29N3O3/c1-26(31)11-2-15-29(16-12-26)22-6-5-20(18-3-4-18)17-21(22)28-25(30)24-8-7-23(32-24)19-9-13-27-14-10-19/h5-10,13-14,17-18,31H,2-4,11-12,15-16H2,1H3,(H,28,30)/t26-/m1/s1. The molecule has 1 aliphatic carbocycles. The quantitative estimate of drug-likeness (QED) is 0.580. The van der Waals surface area contributed by atoms with Crippen molar-refractivity contribution in [2.45, 2.75) is 50.5 Å². The molecule has 6 heteroatoms. The van der Waals surface area contributed by atoms with E-state index in [2.05, 4.69) is 33.4 Å². The van der Waals surface area contributed by atoms with Gasteiger partial charge in [-0.15, -0.1) is 0 Å². The number of carbonyl (C=O) groups is 1. The van der Waals surface area contributed by atoms with Crippen molar-refractivity contribution in [1.29, 1.82) is 0 Å². The van der Waals surface area contributed by atoms with Crippen molar-refractivity contribution in [1.82, 2.24) is 4.98 Å². The summed E-state index contributed by atoms with van der Waals surface area (Å²) in [6, 6.07) is 13.6. The molecule has 2 aromatic heterocycles. The van der Waals surface area contributed by atoms with E-state index < -0.39 is 5.60 Å². The Balaban J connectivity index is 1.40. The van der Waals surface area contributed by atoms with Crippen LogP contribution in [-0.2, 0) is 0 Å². The summed E-state index contributed by atoms with van der Waals surface area (Å²) in [6.45, 7) is 3.52. The van der Waals surface area contributed by atoms with Gasteiger partial charge in [-0.2, -0.15) is 0 Å². The second kappa shape index (κ2) is 8.43. The maximum absolute atomic E-state index is 13.1. The smallest absolute Gasteiger partial charge is 0.291 e. The van der Waals surface area contributed by atoms with Crippen LogP contribution in [0.25, 0.3) is 11.3 Å². The number of furan rings is 1. The first-order chi connectivity index (χ1) is 15.5. The van der Waals surface area contributed by atoms with Crippen LogP contribution in [0.3, 0.4) is 0 Å². The van der Waals surface area contributed by atoms with Gasteiger partial charge in [-0.3, -0.25) is 9.78 Å². The number of nitrogens with zero attached hydrogens (tertiary/aromatic N) is 2. The van der Waals surface area contributed by atoms with Gasteiger partial charge in [0.15, 0.2) is 5.76 Å². The van der Waals surface area contributed by atoms with Crippen LogP contribution in [0.1, 0.15) is 61.1 Å². The van der Waals surface area contributed by atoms with Gasteiger partial charge in [0, 0.05) is 31.0 Å². The topological polar surface area (TPSA) is 78.6 Å². The molecule has 0 spiro atoms. The molecule has 0 unspecified atom stereocenters. The fourth-order valence-corrected chi connectivity index (χ4v) is 4.42. The van der Waals surface area contributed by atoms with Crippen molar-refractivity contribution >= 4 is 17.3 Å². The maximum Gasteiger partial charge on any atom is 0.291 e. The Bertz CT molecular complexity index is 1100. The second-order valence-corrected chi connectivity index (χ2v) is 9.24. The molecule has 1 saturated heterocycles. The number of hydrogen-bond acceptors (Lipinski definition) is 5. The van der Waals surface area contributed by atoms with Crippen molar-refractivity contribution in [3.05, 3.63) is 66.2 Å². The molecule has 2 fully saturated rings. The van der Waals surface area contributed by atoms with Gasteiger partial charge in [0.25, 0.3) is 5.91 Å². The molecule has 1 saturated carbocycles. The van der Waals surface area contributed by atoms with E-state index in [-0.39, 0.29) is 11.7 Å². The van der Waals surface area contributed by atoms with Crippen LogP contribution in [-0.4, -0.2) is 34.7 Å². The molecule has 3 heterocycles. The monoisotopic (exact) mass is 431 g/mol. The lowest BCUT2D eigenvalue weighted by atomic mass is 9.98. The summed E-state index contributed by atoms with van der Waals surface area (Å²) in [5.74, 6) is 1.24. The number of aromatic nitrogens is 1. The number of nitrogens with one attached hydrogen (secondary N) is 1. The third kappa shape index (κ3) is 4.55. The van der Waals surface area contributed by atoms with E-state index in [1.807, 2.05) is 25.1 Å². The van der Waals surface area contributed by atoms with Gasteiger partial charge in [0.1, 0.15) is 5.76 Å². The molecule has 0 radical (unpaired) electrons. The molecule has 1 aromatic carbocycles. The Morgan fingerprint density at radius 2 is 1.94 bits per heavy atom. The Morgan fingerprint density at radius 1 is 1.12 bits per heavy atom. The minimum Gasteiger partial charge on any atom is -0.451 e. The van der Waals surface area contributed by atoms with Crippen molar-refractivity contribution in [3.8, 4) is 11.3 Å². The summed E-state index contributed by atoms with van der Waals surface area (Å²) in [5, 5.41) is 13.6. The fraction of sp³-hybridized carbons (Fsp3) is 0.385. The van der Waals surface area contributed by atoms with Crippen LogP contribution in [0.2, 0.25) is 0 Å². The van der Waals surface area contributed by atoms with E-state index >= 15 is 0 Å². The first kappa shape index (κ1) is 20.8. The molecule has 5 rings (SSSR count). The number of benzene rings is 1. The van der Waals surface area contributed by atoms with Crippen LogP contribution < -0.4 is 10.2 Å². The van der Waals surface area contributed by atoms with E-state index in [4.69, 9.17) is 4.42 Å². The molecule has 1 atom stereocenters. The van der Waals surface area contributed by atoms with Crippen LogP contribution in [0, 0.1) is 0 Å². The van der Waals surface area contributed by atoms with Crippen molar-refractivity contribution in [2.24, 2.45) is 0 Å². The Morgan fingerprint density at radius 3 is 2.72 bits per heavy atom. The number of carbonyl (C=O) groups excluding carboxylic acids is 1. The molecule has 2 N–H and O–H groups in total. The zero-order chi connectivity index (χ0) is 22.1. The SMILES string of the molecule is C[C@@]1(O)CCCN(c2ccc(C3CC3)cc2NC(=O)c2ccc(-c3ccncc3)o2)CC1. The molecule has 166 valence electrons. The number of aliphatic hydroxyl groups is 1. The molecular formula is C26H29N3O3. The minimum absolute atomic E-state index is 0.263. The van der Waals surface area contributed by atoms with E-state index in [1.165, 1.54) is 18.4 Å². The molecule has 32 heavy (non-hydrogen) atoms. The molecule has 6 nitrogen and oxygen atoms in total. The lowest BCUT2D eigenvalue weighted by molar-refractivity contribution is 0.0481. The highest BCUT2D eigenvalue weighted by molar-refractivity contribution is 6.04. The second-order valence-electron chi connectivity index (χ2n) is 9.24. The van der Waals surface area contributed by atoms with Crippen LogP contribution >= 0.6 is 0 Å². The Hall–Kier alpha value is -3.12. The van der Waals surface area contributed by atoms with Crippen LogP contribution in [0.5, 0.6) is 0 Å². The van der Waals surface area contributed by atoms with E-state index in [1.54, 1.807) is 18.5 Å². The number of rotatable bonds is 5. The van der Waals surface area contributed by atoms with E-state index in [0.717, 1.165) is 42.9 Å². The molecule has 1 amide bonds. The third-order valence-electron chi connectivity index (χ3n) is 6.52. The molecule has 1 aliphatic heterocycles. The summed E-state index contributed by atoms with van der Waals surface area (Å²) in [4.78, 5) is 19.4. The van der Waals surface area contributed by atoms with E-state index in [0.29, 0.717) is 18.1 Å². The average molecular weight is 432 g/mol. The highest BCUT2D eigenvalue weighted by atomic mass is 16.3. The highest BCUT2D eigenvalue weighted by Gasteiger charge is 2.28. The van der Waals surface area contributed by atoms with Gasteiger partial charge in [-0.25, -0.2) is 0 Å². The summed E-state index contributed by atoms with van der Waals surface area (Å²) in [7, 11) is 0. The van der Waals surface area contributed by atoms with Gasteiger partial charge in [-0.1, -0.05) is 6.07 Å². The maximum atomic E-state index is 13.1. The molecule has 3 aromatic rings. The number of amides is 1. The summed E-state index contributed by atoms with van der Waals surface area (Å²) in [6.07, 6.45) is 8.21. The van der Waals surface area contributed by atoms with Crippen molar-refractivity contribution in [3.63, 3.8) is 0 Å². The van der Waals surface area contributed by atoms with Gasteiger partial charge in [0.2, 0.25) is 0 Å². The average Bonchev–Trinajstić information content (AvgIpc) is 3.55. The fourth-order valence-electron chi connectivity index (χ4n) is 4.42. The first-order valence-corrected chi connectivity index (χ1v) is 11.4. The third-order valence-corrected chi connectivity index (χ3v) is 6.52. The lowest BCUT2D eigenvalue weighted by Gasteiger charge is -2.27.